The van der Waals surface area contributed by atoms with Gasteiger partial charge >= 0.3 is 11.6 Å². The van der Waals surface area contributed by atoms with Gasteiger partial charge < -0.3 is 13.7 Å². The first-order valence-corrected chi connectivity index (χ1v) is 9.84. The monoisotopic (exact) mass is 426 g/mol. The summed E-state index contributed by atoms with van der Waals surface area (Å²) in [7, 11) is 0. The molecule has 0 unspecified atom stereocenters. The number of nitrogens with zero attached hydrogens (tertiary/aromatic N) is 2. The predicted molar refractivity (Wildman–Crippen MR) is 109 cm³/mol. The quantitative estimate of drug-likeness (QED) is 0.369. The highest BCUT2D eigenvalue weighted by Gasteiger charge is 2.16. The van der Waals surface area contributed by atoms with Gasteiger partial charge in [-0.05, 0) is 37.3 Å². The molecule has 152 valence electrons. The highest BCUT2D eigenvalue weighted by atomic mass is 32.1. The van der Waals surface area contributed by atoms with Gasteiger partial charge in [0.05, 0.1) is 16.8 Å². The van der Waals surface area contributed by atoms with Crippen molar-refractivity contribution in [2.75, 3.05) is 6.61 Å². The van der Waals surface area contributed by atoms with Crippen molar-refractivity contribution in [3.63, 3.8) is 0 Å². The number of esters is 1. The molecule has 1 amide bonds. The number of ether oxygens (including phenoxy) is 1. The van der Waals surface area contributed by atoms with Gasteiger partial charge in [-0.3, -0.25) is 9.59 Å². The molecule has 0 fully saturated rings. The normalized spacial score (nSPS) is 11.9. The van der Waals surface area contributed by atoms with Crippen LogP contribution in [0.4, 0.5) is 4.39 Å². The Balaban J connectivity index is 1.85. The lowest BCUT2D eigenvalue weighted by Crippen LogP contribution is -2.24. The van der Waals surface area contributed by atoms with Gasteiger partial charge in [-0.25, -0.2) is 9.18 Å². The molecule has 0 atom stereocenters. The van der Waals surface area contributed by atoms with E-state index in [0.717, 1.165) is 11.3 Å². The van der Waals surface area contributed by atoms with E-state index in [1.165, 1.54) is 28.8 Å². The van der Waals surface area contributed by atoms with Gasteiger partial charge in [0.1, 0.15) is 23.5 Å². The lowest BCUT2D eigenvalue weighted by molar-refractivity contribution is -0.143. The molecule has 9 heteroatoms. The fourth-order valence-corrected chi connectivity index (χ4v) is 4.03. The molecule has 0 bridgehead atoms. The van der Waals surface area contributed by atoms with Crippen LogP contribution in [-0.2, 0) is 16.1 Å². The van der Waals surface area contributed by atoms with Gasteiger partial charge in [-0.2, -0.15) is 4.99 Å². The average Bonchev–Trinajstić information content (AvgIpc) is 3.03. The van der Waals surface area contributed by atoms with Crippen molar-refractivity contribution in [1.29, 1.82) is 0 Å². The van der Waals surface area contributed by atoms with Crippen molar-refractivity contribution in [1.82, 2.24) is 4.57 Å². The third-order valence-corrected chi connectivity index (χ3v) is 5.35. The largest absolute Gasteiger partial charge is 0.465 e. The summed E-state index contributed by atoms with van der Waals surface area (Å²) in [5.74, 6) is -1.81. The van der Waals surface area contributed by atoms with Crippen molar-refractivity contribution >= 4 is 44.4 Å². The molecule has 4 rings (SSSR count). The van der Waals surface area contributed by atoms with Crippen LogP contribution < -0.4 is 10.4 Å². The van der Waals surface area contributed by atoms with E-state index in [9.17, 15) is 18.8 Å². The molecule has 0 spiro atoms. The number of para-hydroxylation sites is 1. The summed E-state index contributed by atoms with van der Waals surface area (Å²) in [6.45, 7) is 1.66. The van der Waals surface area contributed by atoms with E-state index in [1.807, 2.05) is 0 Å². The van der Waals surface area contributed by atoms with Crippen molar-refractivity contribution in [3.8, 4) is 0 Å². The van der Waals surface area contributed by atoms with E-state index in [4.69, 9.17) is 9.15 Å². The number of aromatic nitrogens is 1. The second-order valence-corrected chi connectivity index (χ2v) is 7.30. The predicted octanol–water partition coefficient (Wildman–Crippen LogP) is 3.25. The first-order chi connectivity index (χ1) is 14.5. The van der Waals surface area contributed by atoms with E-state index in [-0.39, 0.29) is 23.5 Å². The molecule has 0 aliphatic heterocycles. The molecule has 2 heterocycles. The summed E-state index contributed by atoms with van der Waals surface area (Å²) in [6, 6.07) is 12.2. The standard InChI is InChI=1S/C21H15FN2O5S/c1-2-28-18(25)11-24-15-8-7-13(22)10-17(15)30-21(24)23-19(26)14-9-12-5-3-4-6-16(12)29-20(14)27/h3-10H,2,11H2,1H3. The number of halogens is 1. The smallest absolute Gasteiger partial charge is 0.349 e. The number of benzene rings is 2. The molecule has 4 aromatic rings. The molecule has 0 saturated heterocycles. The van der Waals surface area contributed by atoms with Gasteiger partial charge in [-0.1, -0.05) is 29.5 Å². The molecule has 0 aliphatic rings. The number of carbonyl (C=O) groups excluding carboxylic acids is 2. The minimum absolute atomic E-state index is 0.140. The molecule has 0 aliphatic carbocycles. The Morgan fingerprint density at radius 2 is 2.00 bits per heavy atom. The van der Waals surface area contributed by atoms with Crippen molar-refractivity contribution < 1.29 is 23.1 Å². The van der Waals surface area contributed by atoms with Crippen LogP contribution in [-0.4, -0.2) is 23.1 Å². The summed E-state index contributed by atoms with van der Waals surface area (Å²) < 4.78 is 25.8. The van der Waals surface area contributed by atoms with E-state index < -0.39 is 23.3 Å². The van der Waals surface area contributed by atoms with Crippen LogP contribution in [0.15, 0.2) is 62.7 Å². The number of amides is 1. The number of hydrogen-bond donors (Lipinski definition) is 0. The number of rotatable bonds is 4. The third-order valence-electron chi connectivity index (χ3n) is 4.31. The zero-order valence-electron chi connectivity index (χ0n) is 15.8. The number of thiazole rings is 1. The van der Waals surface area contributed by atoms with Crippen LogP contribution in [0.5, 0.6) is 0 Å². The van der Waals surface area contributed by atoms with Gasteiger partial charge in [0.15, 0.2) is 4.80 Å². The van der Waals surface area contributed by atoms with Crippen LogP contribution >= 0.6 is 11.3 Å². The van der Waals surface area contributed by atoms with Crippen molar-refractivity contribution in [2.45, 2.75) is 13.5 Å². The Hall–Kier alpha value is -3.59. The number of fused-ring (bicyclic) bond motifs is 2. The lowest BCUT2D eigenvalue weighted by atomic mass is 10.2. The first kappa shape index (κ1) is 19.7. The van der Waals surface area contributed by atoms with Gasteiger partial charge in [-0.15, -0.1) is 0 Å². The summed E-state index contributed by atoms with van der Waals surface area (Å²) >= 11 is 1.03. The number of hydrogen-bond acceptors (Lipinski definition) is 6. The van der Waals surface area contributed by atoms with Gasteiger partial charge in [0, 0.05) is 5.39 Å². The molecule has 0 N–H and O–H groups in total. The Morgan fingerprint density at radius 3 is 2.80 bits per heavy atom. The molecule has 0 saturated carbocycles. The lowest BCUT2D eigenvalue weighted by Gasteiger charge is -2.05. The van der Waals surface area contributed by atoms with E-state index in [2.05, 4.69) is 4.99 Å². The highest BCUT2D eigenvalue weighted by Crippen LogP contribution is 2.19. The Morgan fingerprint density at radius 1 is 1.20 bits per heavy atom. The third kappa shape index (κ3) is 3.79. The Kier molecular flexibility index (Phi) is 5.28. The number of carbonyl (C=O) groups is 2. The minimum atomic E-state index is -0.820. The van der Waals surface area contributed by atoms with Crippen LogP contribution in [0.1, 0.15) is 17.3 Å². The fraction of sp³-hybridized carbons (Fsp3) is 0.143. The molecule has 0 radical (unpaired) electrons. The van der Waals surface area contributed by atoms with Crippen molar-refractivity contribution in [3.05, 3.63) is 75.1 Å². The van der Waals surface area contributed by atoms with Gasteiger partial charge in [0.25, 0.3) is 5.91 Å². The maximum atomic E-state index is 13.6. The second-order valence-electron chi connectivity index (χ2n) is 6.29. The zero-order valence-corrected chi connectivity index (χ0v) is 16.6. The second kappa shape index (κ2) is 8.03. The van der Waals surface area contributed by atoms with E-state index in [1.54, 1.807) is 31.2 Å². The molecular weight excluding hydrogens is 411 g/mol. The van der Waals surface area contributed by atoms with Gasteiger partial charge in [0.2, 0.25) is 0 Å². The van der Waals surface area contributed by atoms with Crippen LogP contribution in [0, 0.1) is 5.82 Å². The molecular formula is C21H15FN2O5S. The van der Waals surface area contributed by atoms with Crippen LogP contribution in [0.25, 0.3) is 21.2 Å². The molecule has 2 aromatic heterocycles. The minimum Gasteiger partial charge on any atom is -0.465 e. The van der Waals surface area contributed by atoms with Crippen molar-refractivity contribution in [2.24, 2.45) is 4.99 Å². The molecule has 30 heavy (non-hydrogen) atoms. The Bertz CT molecular complexity index is 1420. The molecule has 7 nitrogen and oxygen atoms in total. The maximum Gasteiger partial charge on any atom is 0.349 e. The topological polar surface area (TPSA) is 90.9 Å². The average molecular weight is 426 g/mol. The van der Waals surface area contributed by atoms with E-state index >= 15 is 0 Å². The van der Waals surface area contributed by atoms with Crippen LogP contribution in [0.2, 0.25) is 0 Å². The van der Waals surface area contributed by atoms with E-state index in [0.29, 0.717) is 21.2 Å². The Labute approximate surface area is 172 Å². The molecule has 2 aromatic carbocycles. The maximum absolute atomic E-state index is 13.6. The van der Waals surface area contributed by atoms with Crippen LogP contribution in [0.3, 0.4) is 0 Å². The first-order valence-electron chi connectivity index (χ1n) is 9.02. The summed E-state index contributed by atoms with van der Waals surface area (Å²) in [6.07, 6.45) is 0. The highest BCUT2D eigenvalue weighted by molar-refractivity contribution is 7.16. The fourth-order valence-electron chi connectivity index (χ4n) is 2.98. The SMILES string of the molecule is CCOC(=O)Cn1c(=NC(=O)c2cc3ccccc3oc2=O)sc2cc(F)ccc21. The summed E-state index contributed by atoms with van der Waals surface area (Å²) in [5, 5.41) is 0.577. The summed E-state index contributed by atoms with van der Waals surface area (Å²) in [5.41, 5.74) is -0.174. The zero-order chi connectivity index (χ0) is 21.3. The summed E-state index contributed by atoms with van der Waals surface area (Å²) in [4.78, 5) is 41.2.